The van der Waals surface area contributed by atoms with Crippen LogP contribution in [0.2, 0.25) is 0 Å². The molecule has 2 rings (SSSR count). The van der Waals surface area contributed by atoms with Crippen LogP contribution < -0.4 is 0 Å². The largest absolute Gasteiger partial charge is 0.390 e. The van der Waals surface area contributed by atoms with Gasteiger partial charge in [0.25, 0.3) is 0 Å². The van der Waals surface area contributed by atoms with Crippen LogP contribution in [0.15, 0.2) is 24.4 Å². The van der Waals surface area contributed by atoms with Gasteiger partial charge in [0.1, 0.15) is 5.69 Å². The lowest BCUT2D eigenvalue weighted by Crippen LogP contribution is -2.01. The number of nitrogens with zero attached hydrogens (tertiary/aromatic N) is 3. The highest BCUT2D eigenvalue weighted by molar-refractivity contribution is 5.17. The molecule has 0 fully saturated rings. The zero-order chi connectivity index (χ0) is 11.5. The average Bonchev–Trinajstić information content (AvgIpc) is 2.71. The SMILES string of the molecule is OCc1cn(Cc2ccc(F)c(F)c2)nn1. The molecule has 0 saturated carbocycles. The number of halogens is 2. The Balaban J connectivity index is 2.17. The van der Waals surface area contributed by atoms with Crippen molar-refractivity contribution in [3.63, 3.8) is 0 Å². The molecule has 16 heavy (non-hydrogen) atoms. The van der Waals surface area contributed by atoms with Crippen LogP contribution in [-0.4, -0.2) is 20.1 Å². The van der Waals surface area contributed by atoms with Gasteiger partial charge in [0, 0.05) is 0 Å². The van der Waals surface area contributed by atoms with E-state index in [-0.39, 0.29) is 13.2 Å². The monoisotopic (exact) mass is 225 g/mol. The van der Waals surface area contributed by atoms with Crippen LogP contribution in [0.25, 0.3) is 0 Å². The van der Waals surface area contributed by atoms with Gasteiger partial charge < -0.3 is 5.11 Å². The molecule has 0 atom stereocenters. The molecule has 0 spiro atoms. The molecular weight excluding hydrogens is 216 g/mol. The van der Waals surface area contributed by atoms with Crippen molar-refractivity contribution in [2.45, 2.75) is 13.2 Å². The molecule has 1 aromatic carbocycles. The minimum atomic E-state index is -0.889. The lowest BCUT2D eigenvalue weighted by atomic mass is 10.2. The molecule has 0 unspecified atom stereocenters. The van der Waals surface area contributed by atoms with E-state index in [9.17, 15) is 8.78 Å². The van der Waals surface area contributed by atoms with Crippen LogP contribution in [-0.2, 0) is 13.2 Å². The Morgan fingerprint density at radius 1 is 1.25 bits per heavy atom. The van der Waals surface area contributed by atoms with Crippen molar-refractivity contribution >= 4 is 0 Å². The van der Waals surface area contributed by atoms with Crippen molar-refractivity contribution in [1.29, 1.82) is 0 Å². The molecule has 0 radical (unpaired) electrons. The van der Waals surface area contributed by atoms with E-state index in [1.54, 1.807) is 6.20 Å². The molecule has 6 heteroatoms. The fourth-order valence-corrected chi connectivity index (χ4v) is 1.31. The summed E-state index contributed by atoms with van der Waals surface area (Å²) in [5.74, 6) is -1.77. The van der Waals surface area contributed by atoms with E-state index in [0.717, 1.165) is 12.1 Å². The van der Waals surface area contributed by atoms with Gasteiger partial charge in [0.05, 0.1) is 19.3 Å². The highest BCUT2D eigenvalue weighted by atomic mass is 19.2. The minimum absolute atomic E-state index is 0.197. The lowest BCUT2D eigenvalue weighted by Gasteiger charge is -2.01. The van der Waals surface area contributed by atoms with Gasteiger partial charge in [-0.2, -0.15) is 0 Å². The second kappa shape index (κ2) is 4.36. The first-order valence-electron chi connectivity index (χ1n) is 4.63. The van der Waals surface area contributed by atoms with Crippen molar-refractivity contribution in [2.24, 2.45) is 0 Å². The first-order chi connectivity index (χ1) is 7.69. The first-order valence-corrected chi connectivity index (χ1v) is 4.63. The Hall–Kier alpha value is -1.82. The van der Waals surface area contributed by atoms with Gasteiger partial charge in [-0.05, 0) is 17.7 Å². The lowest BCUT2D eigenvalue weighted by molar-refractivity contribution is 0.276. The molecule has 4 nitrogen and oxygen atoms in total. The fourth-order valence-electron chi connectivity index (χ4n) is 1.31. The predicted octanol–water partition coefficient (Wildman–Crippen LogP) is 1.10. The number of benzene rings is 1. The standard InChI is InChI=1S/C10H9F2N3O/c11-9-2-1-7(3-10(9)12)4-15-5-8(6-16)13-14-15/h1-3,5,16H,4,6H2. The van der Waals surface area contributed by atoms with Crippen LogP contribution in [0.5, 0.6) is 0 Å². The molecule has 0 bridgehead atoms. The number of hydrogen-bond acceptors (Lipinski definition) is 3. The second-order valence-corrected chi connectivity index (χ2v) is 3.31. The highest BCUT2D eigenvalue weighted by Gasteiger charge is 2.04. The van der Waals surface area contributed by atoms with Crippen LogP contribution in [0.4, 0.5) is 8.78 Å². The summed E-state index contributed by atoms with van der Waals surface area (Å²) in [6.07, 6.45) is 1.54. The van der Waals surface area contributed by atoms with Gasteiger partial charge in [0.2, 0.25) is 0 Å². The summed E-state index contributed by atoms with van der Waals surface area (Å²) in [4.78, 5) is 0. The summed E-state index contributed by atoms with van der Waals surface area (Å²) in [6, 6.07) is 3.64. The maximum absolute atomic E-state index is 12.9. The maximum Gasteiger partial charge on any atom is 0.159 e. The predicted molar refractivity (Wildman–Crippen MR) is 51.4 cm³/mol. The summed E-state index contributed by atoms with van der Waals surface area (Å²) in [5, 5.41) is 16.2. The van der Waals surface area contributed by atoms with E-state index < -0.39 is 11.6 Å². The van der Waals surface area contributed by atoms with Crippen molar-refractivity contribution in [1.82, 2.24) is 15.0 Å². The number of aliphatic hydroxyl groups is 1. The molecular formula is C10H9F2N3O. The summed E-state index contributed by atoms with van der Waals surface area (Å²) >= 11 is 0. The number of aliphatic hydroxyl groups excluding tert-OH is 1. The molecule has 1 heterocycles. The normalized spacial score (nSPS) is 10.7. The Labute approximate surface area is 90.1 Å². The molecule has 0 aliphatic rings. The third kappa shape index (κ3) is 2.22. The Morgan fingerprint density at radius 3 is 2.69 bits per heavy atom. The molecule has 2 aromatic rings. The second-order valence-electron chi connectivity index (χ2n) is 3.31. The third-order valence-corrected chi connectivity index (χ3v) is 2.08. The van der Waals surface area contributed by atoms with Gasteiger partial charge in [-0.15, -0.1) is 5.10 Å². The topological polar surface area (TPSA) is 50.9 Å². The minimum Gasteiger partial charge on any atom is -0.390 e. The number of rotatable bonds is 3. The quantitative estimate of drug-likeness (QED) is 0.850. The van der Waals surface area contributed by atoms with Crippen LogP contribution in [0.1, 0.15) is 11.3 Å². The van der Waals surface area contributed by atoms with E-state index in [1.165, 1.54) is 10.7 Å². The van der Waals surface area contributed by atoms with Crippen molar-refractivity contribution in [2.75, 3.05) is 0 Å². The molecule has 0 aliphatic heterocycles. The van der Waals surface area contributed by atoms with Crippen LogP contribution >= 0.6 is 0 Å². The molecule has 1 aromatic heterocycles. The van der Waals surface area contributed by atoms with E-state index in [1.807, 2.05) is 0 Å². The zero-order valence-electron chi connectivity index (χ0n) is 8.27. The number of aromatic nitrogens is 3. The fraction of sp³-hybridized carbons (Fsp3) is 0.200. The smallest absolute Gasteiger partial charge is 0.159 e. The molecule has 1 N–H and O–H groups in total. The molecule has 0 saturated heterocycles. The van der Waals surface area contributed by atoms with E-state index in [4.69, 9.17) is 5.11 Å². The van der Waals surface area contributed by atoms with E-state index in [2.05, 4.69) is 10.3 Å². The van der Waals surface area contributed by atoms with Crippen molar-refractivity contribution in [3.8, 4) is 0 Å². The molecule has 0 aliphatic carbocycles. The van der Waals surface area contributed by atoms with Crippen molar-refractivity contribution < 1.29 is 13.9 Å². The summed E-state index contributed by atoms with van der Waals surface area (Å²) in [6.45, 7) is 0.0853. The number of hydrogen-bond donors (Lipinski definition) is 1. The van der Waals surface area contributed by atoms with Crippen molar-refractivity contribution in [3.05, 3.63) is 47.3 Å². The zero-order valence-corrected chi connectivity index (χ0v) is 8.27. The van der Waals surface area contributed by atoms with E-state index >= 15 is 0 Å². The summed E-state index contributed by atoms with van der Waals surface area (Å²) < 4.78 is 27.0. The van der Waals surface area contributed by atoms with E-state index in [0.29, 0.717) is 11.3 Å². The van der Waals surface area contributed by atoms with Gasteiger partial charge in [0.15, 0.2) is 11.6 Å². The average molecular weight is 225 g/mol. The Kier molecular flexibility index (Phi) is 2.91. The first kappa shape index (κ1) is 10.7. The third-order valence-electron chi connectivity index (χ3n) is 2.08. The Morgan fingerprint density at radius 2 is 2.06 bits per heavy atom. The summed E-state index contributed by atoms with van der Waals surface area (Å²) in [5.41, 5.74) is 1.01. The van der Waals surface area contributed by atoms with Crippen LogP contribution in [0.3, 0.4) is 0 Å². The van der Waals surface area contributed by atoms with Gasteiger partial charge in [-0.3, -0.25) is 0 Å². The molecule has 0 amide bonds. The molecule has 84 valence electrons. The van der Waals surface area contributed by atoms with Gasteiger partial charge >= 0.3 is 0 Å². The highest BCUT2D eigenvalue weighted by Crippen LogP contribution is 2.09. The maximum atomic E-state index is 12.9. The summed E-state index contributed by atoms with van der Waals surface area (Å²) in [7, 11) is 0. The van der Waals surface area contributed by atoms with Gasteiger partial charge in [-0.1, -0.05) is 11.3 Å². The Bertz CT molecular complexity index is 499. The van der Waals surface area contributed by atoms with Gasteiger partial charge in [-0.25, -0.2) is 13.5 Å². The van der Waals surface area contributed by atoms with Crippen LogP contribution in [0, 0.1) is 11.6 Å².